The number of hydrogen-bond donors (Lipinski definition) is 0. The second-order valence-corrected chi connectivity index (χ2v) is 6.66. The van der Waals surface area contributed by atoms with Gasteiger partial charge in [0.1, 0.15) is 25.3 Å². The molecule has 0 saturated carbocycles. The molecule has 0 N–H and O–H groups in total. The van der Waals surface area contributed by atoms with Crippen LogP contribution in [0.5, 0.6) is 0 Å². The molecule has 15 nitrogen and oxygen atoms in total. The molecule has 6 rings (SSSR count). The van der Waals surface area contributed by atoms with E-state index in [4.69, 9.17) is 4.74 Å². The van der Waals surface area contributed by atoms with E-state index in [0.29, 0.717) is 6.10 Å². The Labute approximate surface area is 198 Å². The lowest BCUT2D eigenvalue weighted by atomic mass is 10.6. The highest BCUT2D eigenvalue weighted by Crippen LogP contribution is 2.04. The highest BCUT2D eigenvalue weighted by molar-refractivity contribution is 4.70. The van der Waals surface area contributed by atoms with Gasteiger partial charge in [0, 0.05) is 53.8 Å². The predicted octanol–water partition coefficient (Wildman–Crippen LogP) is 0.0856. The van der Waals surface area contributed by atoms with Gasteiger partial charge in [-0.1, -0.05) is 5.21 Å². The lowest BCUT2D eigenvalue weighted by Gasteiger charge is -1.76. The molecule has 1 unspecified atom stereocenters. The first kappa shape index (κ1) is 27.8. The zero-order chi connectivity index (χ0) is 25.0. The van der Waals surface area contributed by atoms with Crippen LogP contribution in [0.1, 0.15) is 6.92 Å². The van der Waals surface area contributed by atoms with E-state index < -0.39 is 0 Å². The fraction of sp³-hybridized carbons (Fsp3) is 0.421. The highest BCUT2D eigenvalue weighted by Gasteiger charge is 2.13. The van der Waals surface area contributed by atoms with E-state index >= 15 is 0 Å². The summed E-state index contributed by atoms with van der Waals surface area (Å²) in [6.07, 6.45) is 19.1. The van der Waals surface area contributed by atoms with Gasteiger partial charge in [-0.15, -0.1) is 15.3 Å². The third-order valence-corrected chi connectivity index (χ3v) is 3.28. The van der Waals surface area contributed by atoms with E-state index in [1.165, 1.54) is 11.1 Å². The molecule has 1 aliphatic heterocycles. The van der Waals surface area contributed by atoms with Gasteiger partial charge in [-0.2, -0.15) is 20.1 Å². The van der Waals surface area contributed by atoms with E-state index in [-0.39, 0.29) is 0 Å². The van der Waals surface area contributed by atoms with Crippen LogP contribution in [-0.2, 0) is 40.0 Å². The average Bonchev–Trinajstić information content (AvgIpc) is 3.48. The third kappa shape index (κ3) is 17.4. The summed E-state index contributed by atoms with van der Waals surface area (Å²) in [4.78, 5) is 8.96. The van der Waals surface area contributed by atoms with Crippen molar-refractivity contribution in [2.75, 3.05) is 6.61 Å². The molecule has 1 aliphatic rings. The van der Waals surface area contributed by atoms with Gasteiger partial charge < -0.3 is 13.9 Å². The number of hydrogen-bond acceptors (Lipinski definition) is 10. The van der Waals surface area contributed by atoms with Crippen molar-refractivity contribution < 1.29 is 4.74 Å². The van der Waals surface area contributed by atoms with Gasteiger partial charge in [0.25, 0.3) is 0 Å². The molecule has 0 aliphatic carbocycles. The standard InChI is InChI=1S/C4H6N2.4C3H5N3.C3H6O/c1-6-3-2-5-4-6;1-6-2-4-5-3-6;1-6-3-4-2-5-6;1-6-3-2-4-5-6;1-6-4-2-3-5-6;1-3-2-4-3/h2-4H,1H3;4*2-3H,1H3;3H,2H2,1H3. The Hall–Kier alpha value is -4.27. The van der Waals surface area contributed by atoms with Gasteiger partial charge in [-0.25, -0.2) is 9.97 Å². The van der Waals surface area contributed by atoms with E-state index in [2.05, 4.69) is 52.7 Å². The molecule has 0 aromatic carbocycles. The third-order valence-electron chi connectivity index (χ3n) is 3.28. The molecule has 34 heavy (non-hydrogen) atoms. The maximum atomic E-state index is 4.71. The van der Waals surface area contributed by atoms with Crippen LogP contribution in [-0.4, -0.2) is 81.8 Å². The largest absolute Gasteiger partial charge is 0.373 e. The number of epoxide rings is 1. The molecule has 6 heterocycles. The monoisotopic (exact) mass is 472 g/mol. The van der Waals surface area contributed by atoms with Gasteiger partial charge in [-0.3, -0.25) is 9.36 Å². The summed E-state index contributed by atoms with van der Waals surface area (Å²) in [5.41, 5.74) is 0. The molecule has 1 saturated heterocycles. The fourth-order valence-corrected chi connectivity index (χ4v) is 1.49. The van der Waals surface area contributed by atoms with Crippen LogP contribution in [0.25, 0.3) is 0 Å². The molecule has 5 aromatic rings. The van der Waals surface area contributed by atoms with Crippen LogP contribution in [0.4, 0.5) is 0 Å². The van der Waals surface area contributed by atoms with Crippen LogP contribution < -0.4 is 0 Å². The Morgan fingerprint density at radius 3 is 1.47 bits per heavy atom. The van der Waals surface area contributed by atoms with Crippen LogP contribution in [0.15, 0.2) is 68.8 Å². The number of ether oxygens (including phenoxy) is 1. The normalized spacial score (nSPS) is 12.5. The lowest BCUT2D eigenvalue weighted by Crippen LogP contribution is -1.89. The van der Waals surface area contributed by atoms with Crippen LogP contribution in [0.2, 0.25) is 0 Å². The maximum absolute atomic E-state index is 4.71. The number of nitrogens with zero attached hydrogens (tertiary/aromatic N) is 14. The highest BCUT2D eigenvalue weighted by atomic mass is 16.6. The van der Waals surface area contributed by atoms with Gasteiger partial charge in [0.2, 0.25) is 0 Å². The second kappa shape index (κ2) is 17.3. The van der Waals surface area contributed by atoms with Crippen LogP contribution >= 0.6 is 0 Å². The summed E-state index contributed by atoms with van der Waals surface area (Å²) in [6.45, 7) is 3.04. The molecular weight excluding hydrogens is 440 g/mol. The summed E-state index contributed by atoms with van der Waals surface area (Å²) in [5, 5.41) is 25.4. The van der Waals surface area contributed by atoms with Crippen molar-refractivity contribution in [2.24, 2.45) is 35.2 Å². The molecule has 15 heteroatoms. The Morgan fingerprint density at radius 1 is 0.676 bits per heavy atom. The first-order valence-corrected chi connectivity index (χ1v) is 10.1. The van der Waals surface area contributed by atoms with Crippen LogP contribution in [0.3, 0.4) is 0 Å². The Kier molecular flexibility index (Phi) is 14.1. The average molecular weight is 473 g/mol. The van der Waals surface area contributed by atoms with Crippen molar-refractivity contribution in [2.45, 2.75) is 13.0 Å². The van der Waals surface area contributed by atoms with Gasteiger partial charge in [-0.05, 0) is 6.92 Å². The first-order valence-electron chi connectivity index (χ1n) is 10.1. The Morgan fingerprint density at radius 2 is 1.32 bits per heavy atom. The van der Waals surface area contributed by atoms with E-state index in [1.54, 1.807) is 77.3 Å². The van der Waals surface area contributed by atoms with E-state index in [0.717, 1.165) is 6.61 Å². The maximum Gasteiger partial charge on any atom is 0.137 e. The topological polar surface area (TPSA) is 153 Å². The number of rotatable bonds is 0. The van der Waals surface area contributed by atoms with Gasteiger partial charge >= 0.3 is 0 Å². The van der Waals surface area contributed by atoms with E-state index in [1.807, 2.05) is 39.0 Å². The number of imidazole rings is 1. The summed E-state index contributed by atoms with van der Waals surface area (Å²) < 4.78 is 11.7. The summed E-state index contributed by atoms with van der Waals surface area (Å²) in [5.74, 6) is 0. The first-order chi connectivity index (χ1) is 16.4. The second-order valence-electron chi connectivity index (χ2n) is 6.66. The molecule has 1 fully saturated rings. The van der Waals surface area contributed by atoms with Crippen molar-refractivity contribution >= 4 is 0 Å². The minimum Gasteiger partial charge on any atom is -0.373 e. The van der Waals surface area contributed by atoms with Crippen LogP contribution in [0, 0.1) is 0 Å². The smallest absolute Gasteiger partial charge is 0.137 e. The quantitative estimate of drug-likeness (QED) is 0.283. The van der Waals surface area contributed by atoms with Crippen molar-refractivity contribution in [3.8, 4) is 0 Å². The molecule has 184 valence electrons. The molecule has 0 bridgehead atoms. The molecule has 1 atom stereocenters. The minimum atomic E-state index is 0.583. The van der Waals surface area contributed by atoms with Crippen molar-refractivity contribution in [3.05, 3.63) is 68.8 Å². The molecule has 0 radical (unpaired) electrons. The Balaban J connectivity index is 0.000000205. The van der Waals surface area contributed by atoms with Crippen molar-refractivity contribution in [1.82, 2.24) is 69.1 Å². The van der Waals surface area contributed by atoms with Gasteiger partial charge in [0.05, 0.1) is 37.6 Å². The molecular formula is C19H32N14O. The van der Waals surface area contributed by atoms with Crippen molar-refractivity contribution in [3.63, 3.8) is 0 Å². The van der Waals surface area contributed by atoms with Crippen molar-refractivity contribution in [1.29, 1.82) is 0 Å². The fourth-order valence-electron chi connectivity index (χ4n) is 1.49. The number of aromatic nitrogens is 14. The summed E-state index contributed by atoms with van der Waals surface area (Å²) in [6, 6.07) is 0. The zero-order valence-corrected chi connectivity index (χ0v) is 20.3. The van der Waals surface area contributed by atoms with Gasteiger partial charge in [0.15, 0.2) is 0 Å². The lowest BCUT2D eigenvalue weighted by molar-refractivity contribution is 0.423. The molecule has 5 aromatic heterocycles. The Bertz CT molecular complexity index is 818. The summed E-state index contributed by atoms with van der Waals surface area (Å²) >= 11 is 0. The van der Waals surface area contributed by atoms with E-state index in [9.17, 15) is 0 Å². The SMILES string of the molecule is CC1CO1.Cn1ccnc1.Cn1ccnn1.Cn1cncn1.Cn1cnnc1.Cn1nccn1. The number of aryl methyl sites for hydroxylation is 5. The molecule has 0 spiro atoms. The minimum absolute atomic E-state index is 0.583. The zero-order valence-electron chi connectivity index (χ0n) is 20.3. The predicted molar refractivity (Wildman–Crippen MR) is 123 cm³/mol. The molecule has 0 amide bonds. The summed E-state index contributed by atoms with van der Waals surface area (Å²) in [7, 11) is 9.24.